The van der Waals surface area contributed by atoms with Crippen LogP contribution in [-0.4, -0.2) is 10.7 Å². The van der Waals surface area contributed by atoms with Crippen molar-refractivity contribution in [2.75, 3.05) is 0 Å². The summed E-state index contributed by atoms with van der Waals surface area (Å²) in [6.45, 7) is 0. The number of ether oxygens (including phenoxy) is 1. The summed E-state index contributed by atoms with van der Waals surface area (Å²) < 4.78 is 21.8. The molecule has 27 heavy (non-hydrogen) atoms. The Balaban J connectivity index is 1.60. The van der Waals surface area contributed by atoms with Crippen LogP contribution in [0.1, 0.15) is 34.7 Å². The molecule has 136 valence electrons. The van der Waals surface area contributed by atoms with Gasteiger partial charge in [0, 0.05) is 22.0 Å². The Kier molecular flexibility index (Phi) is 4.33. The number of rotatable bonds is 2. The molecule has 0 saturated heterocycles. The molecule has 0 bridgehead atoms. The maximum atomic E-state index is 13.4. The average molecular weight is 508 g/mol. The minimum atomic E-state index is -0.384. The molecule has 0 radical (unpaired) electrons. The van der Waals surface area contributed by atoms with Gasteiger partial charge >= 0.3 is 0 Å². The first-order valence-electron chi connectivity index (χ1n) is 8.41. The van der Waals surface area contributed by atoms with Gasteiger partial charge in [0.25, 0.3) is 0 Å². The lowest BCUT2D eigenvalue weighted by Gasteiger charge is -2.38. The van der Waals surface area contributed by atoms with Crippen LogP contribution in [0.15, 0.2) is 68.0 Å². The van der Waals surface area contributed by atoms with Gasteiger partial charge in [-0.1, -0.05) is 28.1 Å². The van der Waals surface area contributed by atoms with E-state index in [1.807, 2.05) is 23.2 Å². The van der Waals surface area contributed by atoms with Crippen LogP contribution in [0, 0.1) is 5.82 Å². The van der Waals surface area contributed by atoms with E-state index in [1.54, 1.807) is 23.5 Å². The van der Waals surface area contributed by atoms with Gasteiger partial charge in [-0.15, -0.1) is 11.3 Å². The molecule has 3 nitrogen and oxygen atoms in total. The molecule has 2 atom stereocenters. The van der Waals surface area contributed by atoms with Crippen LogP contribution in [0.3, 0.4) is 0 Å². The molecule has 0 amide bonds. The monoisotopic (exact) mass is 506 g/mol. The molecule has 0 fully saturated rings. The second kappa shape index (κ2) is 6.72. The fraction of sp³-hybridized carbons (Fsp3) is 0.150. The van der Waals surface area contributed by atoms with Crippen molar-refractivity contribution in [2.24, 2.45) is 5.10 Å². The number of hydrogen-bond acceptors (Lipinski definition) is 4. The second-order valence-electron chi connectivity index (χ2n) is 6.45. The van der Waals surface area contributed by atoms with Crippen LogP contribution in [0.5, 0.6) is 5.75 Å². The predicted octanol–water partition coefficient (Wildman–Crippen LogP) is 6.65. The van der Waals surface area contributed by atoms with Crippen molar-refractivity contribution in [3.05, 3.63) is 84.7 Å². The number of benzene rings is 2. The summed E-state index contributed by atoms with van der Waals surface area (Å²) in [6.07, 6.45) is 0.419. The molecular formula is C20H13Br2FN2OS. The van der Waals surface area contributed by atoms with Crippen molar-refractivity contribution in [3.63, 3.8) is 0 Å². The van der Waals surface area contributed by atoms with Crippen molar-refractivity contribution in [1.29, 1.82) is 0 Å². The first kappa shape index (κ1) is 17.4. The van der Waals surface area contributed by atoms with Crippen LogP contribution in [-0.2, 0) is 0 Å². The lowest BCUT2D eigenvalue weighted by atomic mass is 9.98. The summed E-state index contributed by atoms with van der Waals surface area (Å²) in [4.78, 5) is 1.14. The molecule has 0 saturated carbocycles. The highest BCUT2D eigenvalue weighted by molar-refractivity contribution is 9.11. The summed E-state index contributed by atoms with van der Waals surface area (Å²) in [5, 5.41) is 6.91. The Hall–Kier alpha value is -1.70. The SMILES string of the molecule is Fc1ccc([C@H]2Oc3ccc(Br)cc3[C@H]3CC(c4ccc(Br)s4)=NN32)cc1. The number of halogens is 3. The fourth-order valence-electron chi connectivity index (χ4n) is 3.52. The average Bonchev–Trinajstić information content (AvgIpc) is 3.28. The van der Waals surface area contributed by atoms with Crippen LogP contribution in [0.4, 0.5) is 4.39 Å². The molecule has 2 aliphatic rings. The topological polar surface area (TPSA) is 24.8 Å². The van der Waals surface area contributed by atoms with Crippen molar-refractivity contribution in [1.82, 2.24) is 5.01 Å². The fourth-order valence-corrected chi connectivity index (χ4v) is 5.28. The number of thiophene rings is 1. The third-order valence-electron chi connectivity index (χ3n) is 4.76. The number of nitrogens with zero attached hydrogens (tertiary/aromatic N) is 2. The first-order chi connectivity index (χ1) is 13.1. The molecule has 0 aliphatic carbocycles. The molecule has 5 rings (SSSR count). The quantitative estimate of drug-likeness (QED) is 0.387. The van der Waals surface area contributed by atoms with E-state index >= 15 is 0 Å². The van der Waals surface area contributed by atoms with Gasteiger partial charge in [-0.2, -0.15) is 5.10 Å². The zero-order valence-electron chi connectivity index (χ0n) is 13.9. The Labute approximate surface area is 176 Å². The summed E-state index contributed by atoms with van der Waals surface area (Å²) in [7, 11) is 0. The smallest absolute Gasteiger partial charge is 0.213 e. The van der Waals surface area contributed by atoms with Gasteiger partial charge in [-0.3, -0.25) is 0 Å². The molecule has 1 aromatic heterocycles. The van der Waals surface area contributed by atoms with Crippen molar-refractivity contribution < 1.29 is 9.13 Å². The zero-order chi connectivity index (χ0) is 18.5. The molecule has 7 heteroatoms. The lowest BCUT2D eigenvalue weighted by molar-refractivity contribution is -0.0191. The predicted molar refractivity (Wildman–Crippen MR) is 112 cm³/mol. The van der Waals surface area contributed by atoms with Crippen molar-refractivity contribution in [3.8, 4) is 5.75 Å². The summed E-state index contributed by atoms with van der Waals surface area (Å²) >= 11 is 8.77. The van der Waals surface area contributed by atoms with E-state index in [0.29, 0.717) is 0 Å². The van der Waals surface area contributed by atoms with E-state index in [4.69, 9.17) is 9.84 Å². The molecule has 0 N–H and O–H groups in total. The summed E-state index contributed by atoms with van der Waals surface area (Å²) in [5.41, 5.74) is 3.03. The van der Waals surface area contributed by atoms with Gasteiger partial charge in [-0.25, -0.2) is 9.40 Å². The van der Waals surface area contributed by atoms with Crippen molar-refractivity contribution >= 4 is 48.9 Å². The third kappa shape index (κ3) is 3.11. The Bertz CT molecular complexity index is 1050. The molecule has 0 spiro atoms. The highest BCUT2D eigenvalue weighted by atomic mass is 79.9. The van der Waals surface area contributed by atoms with E-state index in [9.17, 15) is 4.39 Å². The zero-order valence-corrected chi connectivity index (χ0v) is 17.9. The van der Waals surface area contributed by atoms with Gasteiger partial charge in [0.15, 0.2) is 0 Å². The van der Waals surface area contributed by atoms with Gasteiger partial charge in [0.2, 0.25) is 6.23 Å². The standard InChI is InChI=1S/C20H13Br2FN2OS/c21-12-3-6-17-14(9-12)16-10-15(18-7-8-19(22)27-18)24-25(16)20(26-17)11-1-4-13(23)5-2-11/h1-9,16,20H,10H2/t16-,20-/m1/s1. The Morgan fingerprint density at radius 2 is 1.89 bits per heavy atom. The molecule has 0 unspecified atom stereocenters. The minimum absolute atomic E-state index is 0.0807. The van der Waals surface area contributed by atoms with Gasteiger partial charge in [-0.05, 0) is 58.4 Å². The van der Waals surface area contributed by atoms with E-state index in [2.05, 4.69) is 44.0 Å². The van der Waals surface area contributed by atoms with E-state index in [0.717, 1.165) is 42.1 Å². The molecular weight excluding hydrogens is 495 g/mol. The van der Waals surface area contributed by atoms with Crippen LogP contribution >= 0.6 is 43.2 Å². The Morgan fingerprint density at radius 1 is 1.07 bits per heavy atom. The summed E-state index contributed by atoms with van der Waals surface area (Å²) in [6, 6.07) is 16.7. The van der Waals surface area contributed by atoms with Crippen molar-refractivity contribution in [2.45, 2.75) is 18.7 Å². The maximum absolute atomic E-state index is 13.4. The maximum Gasteiger partial charge on any atom is 0.213 e. The van der Waals surface area contributed by atoms with Gasteiger partial charge in [0.1, 0.15) is 11.6 Å². The molecule has 2 aliphatic heterocycles. The van der Waals surface area contributed by atoms with E-state index < -0.39 is 0 Å². The summed E-state index contributed by atoms with van der Waals surface area (Å²) in [5.74, 6) is 0.585. The van der Waals surface area contributed by atoms with Gasteiger partial charge < -0.3 is 4.74 Å². The number of fused-ring (bicyclic) bond motifs is 3. The number of hydrazone groups is 1. The molecule has 3 aromatic rings. The highest BCUT2D eigenvalue weighted by Gasteiger charge is 2.41. The third-order valence-corrected chi connectivity index (χ3v) is 6.93. The lowest BCUT2D eigenvalue weighted by Crippen LogP contribution is -2.33. The second-order valence-corrected chi connectivity index (χ2v) is 9.83. The Morgan fingerprint density at radius 3 is 2.63 bits per heavy atom. The van der Waals surface area contributed by atoms with Crippen LogP contribution in [0.2, 0.25) is 0 Å². The van der Waals surface area contributed by atoms with E-state index in [1.165, 1.54) is 12.1 Å². The van der Waals surface area contributed by atoms with Gasteiger partial charge in [0.05, 0.1) is 20.4 Å². The van der Waals surface area contributed by atoms with Crippen LogP contribution in [0.25, 0.3) is 0 Å². The number of hydrogen-bond donors (Lipinski definition) is 0. The molecule has 3 heterocycles. The largest absolute Gasteiger partial charge is 0.464 e. The minimum Gasteiger partial charge on any atom is -0.464 e. The van der Waals surface area contributed by atoms with Crippen LogP contribution < -0.4 is 4.74 Å². The first-order valence-corrected chi connectivity index (χ1v) is 10.8. The highest BCUT2D eigenvalue weighted by Crippen LogP contribution is 2.48. The van der Waals surface area contributed by atoms with E-state index in [-0.39, 0.29) is 18.1 Å². The normalized spacial score (nSPS) is 20.7. The molecule has 2 aromatic carbocycles.